The lowest BCUT2D eigenvalue weighted by Crippen LogP contribution is -2.02. The van der Waals surface area contributed by atoms with Crippen LogP contribution in [0.2, 0.25) is 0 Å². The Kier molecular flexibility index (Phi) is 6.33. The molecule has 2 heterocycles. The van der Waals surface area contributed by atoms with Crippen molar-refractivity contribution in [2.45, 2.75) is 26.2 Å². The molecule has 4 rings (SSSR count). The highest BCUT2D eigenvalue weighted by Crippen LogP contribution is 2.29. The SMILES string of the molecule is CCCOCCCc1cc(-c2nc3c(n2-c2ccc(F)cc2)C=C=CC=C3)ccn1. The molecule has 30 heavy (non-hydrogen) atoms. The van der Waals surface area contributed by atoms with Gasteiger partial charge < -0.3 is 4.74 Å². The molecule has 0 aliphatic heterocycles. The molecule has 2 aromatic heterocycles. The van der Waals surface area contributed by atoms with Crippen LogP contribution in [0.1, 0.15) is 36.8 Å². The lowest BCUT2D eigenvalue weighted by molar-refractivity contribution is 0.132. The van der Waals surface area contributed by atoms with E-state index >= 15 is 0 Å². The summed E-state index contributed by atoms with van der Waals surface area (Å²) in [5.41, 5.74) is 7.73. The molecule has 5 heteroatoms. The molecular formula is C25H24FN3O. The third-order valence-electron chi connectivity index (χ3n) is 4.84. The molecule has 1 aromatic carbocycles. The van der Waals surface area contributed by atoms with Gasteiger partial charge >= 0.3 is 0 Å². The maximum absolute atomic E-state index is 13.5. The van der Waals surface area contributed by atoms with Crippen molar-refractivity contribution in [2.24, 2.45) is 0 Å². The zero-order valence-corrected chi connectivity index (χ0v) is 17.0. The molecule has 0 fully saturated rings. The molecule has 1 aliphatic rings. The number of fused-ring (bicyclic) bond motifs is 1. The van der Waals surface area contributed by atoms with E-state index in [9.17, 15) is 4.39 Å². The molecule has 0 N–H and O–H groups in total. The zero-order valence-electron chi connectivity index (χ0n) is 17.0. The van der Waals surface area contributed by atoms with Crippen LogP contribution in [0.5, 0.6) is 0 Å². The summed E-state index contributed by atoms with van der Waals surface area (Å²) in [5, 5.41) is 0. The first-order valence-electron chi connectivity index (χ1n) is 10.3. The van der Waals surface area contributed by atoms with Crippen molar-refractivity contribution in [1.82, 2.24) is 14.5 Å². The van der Waals surface area contributed by atoms with Crippen LogP contribution in [-0.4, -0.2) is 27.7 Å². The van der Waals surface area contributed by atoms with Crippen LogP contribution in [0.4, 0.5) is 4.39 Å². The number of rotatable bonds is 8. The number of imidazole rings is 1. The van der Waals surface area contributed by atoms with Gasteiger partial charge in [-0.05, 0) is 67.8 Å². The van der Waals surface area contributed by atoms with Crippen molar-refractivity contribution >= 4 is 12.2 Å². The smallest absolute Gasteiger partial charge is 0.145 e. The fourth-order valence-corrected chi connectivity index (χ4v) is 3.43. The second-order valence-electron chi connectivity index (χ2n) is 7.11. The van der Waals surface area contributed by atoms with Gasteiger partial charge in [0, 0.05) is 42.4 Å². The number of pyridine rings is 1. The standard InChI is InChI=1S/C25H24FN3O/c1-2-16-30-17-6-7-21-18-19(14-15-27-21)25-28-23-8-4-3-5-9-24(23)29(25)22-12-10-20(26)11-13-22/h3-4,8-15,18H,2,6-7,16-17H2,1H3. The van der Waals surface area contributed by atoms with Gasteiger partial charge in [0.25, 0.3) is 0 Å². The van der Waals surface area contributed by atoms with E-state index in [0.717, 1.165) is 66.6 Å². The minimum atomic E-state index is -0.265. The number of nitrogens with zero attached hydrogens (tertiary/aromatic N) is 3. The lowest BCUT2D eigenvalue weighted by Gasteiger charge is -2.11. The predicted molar refractivity (Wildman–Crippen MR) is 118 cm³/mol. The van der Waals surface area contributed by atoms with Crippen molar-refractivity contribution in [3.05, 3.63) is 83.4 Å². The first-order chi connectivity index (χ1) is 14.8. The molecule has 0 bridgehead atoms. The van der Waals surface area contributed by atoms with Crippen molar-refractivity contribution < 1.29 is 9.13 Å². The first kappa shape index (κ1) is 20.0. The van der Waals surface area contributed by atoms with Gasteiger partial charge in [-0.15, -0.1) is 5.73 Å². The van der Waals surface area contributed by atoms with E-state index in [0.29, 0.717) is 0 Å². The van der Waals surface area contributed by atoms with Crippen molar-refractivity contribution in [2.75, 3.05) is 13.2 Å². The molecule has 1 aliphatic carbocycles. The molecule has 0 saturated carbocycles. The van der Waals surface area contributed by atoms with Gasteiger partial charge in [0.15, 0.2) is 0 Å². The van der Waals surface area contributed by atoms with Crippen LogP contribution in [0, 0.1) is 5.82 Å². The van der Waals surface area contributed by atoms with Crippen molar-refractivity contribution in [1.29, 1.82) is 0 Å². The van der Waals surface area contributed by atoms with Crippen molar-refractivity contribution in [3.8, 4) is 17.1 Å². The van der Waals surface area contributed by atoms with Crippen LogP contribution in [0.25, 0.3) is 29.2 Å². The maximum atomic E-state index is 13.5. The monoisotopic (exact) mass is 401 g/mol. The number of ether oxygens (including phenoxy) is 1. The molecule has 0 atom stereocenters. The highest BCUT2D eigenvalue weighted by molar-refractivity contribution is 5.72. The molecule has 0 amide bonds. The predicted octanol–water partition coefficient (Wildman–Crippen LogP) is 5.63. The Labute approximate surface area is 176 Å². The number of hydrogen-bond donors (Lipinski definition) is 0. The number of allylic oxidation sites excluding steroid dienone is 2. The molecule has 0 radical (unpaired) electrons. The van der Waals surface area contributed by atoms with Crippen LogP contribution in [-0.2, 0) is 11.2 Å². The van der Waals surface area contributed by atoms with Crippen LogP contribution >= 0.6 is 0 Å². The van der Waals surface area contributed by atoms with E-state index in [1.807, 2.05) is 41.1 Å². The Hall–Kier alpha value is -3.27. The van der Waals surface area contributed by atoms with E-state index in [-0.39, 0.29) is 5.82 Å². The maximum Gasteiger partial charge on any atom is 0.145 e. The van der Waals surface area contributed by atoms with Crippen molar-refractivity contribution in [3.63, 3.8) is 0 Å². The summed E-state index contributed by atoms with van der Waals surface area (Å²) < 4.78 is 21.1. The second-order valence-corrected chi connectivity index (χ2v) is 7.11. The number of halogens is 1. The van der Waals surface area contributed by atoms with Gasteiger partial charge in [0.05, 0.1) is 11.4 Å². The Morgan fingerprint density at radius 3 is 2.83 bits per heavy atom. The number of aromatic nitrogens is 3. The average Bonchev–Trinajstić information content (AvgIpc) is 2.97. The highest BCUT2D eigenvalue weighted by atomic mass is 19.1. The third kappa shape index (κ3) is 4.48. The topological polar surface area (TPSA) is 39.9 Å². The van der Waals surface area contributed by atoms with Gasteiger partial charge in [0.2, 0.25) is 0 Å². The molecule has 0 spiro atoms. The van der Waals surface area contributed by atoms with Gasteiger partial charge in [-0.25, -0.2) is 9.37 Å². The zero-order chi connectivity index (χ0) is 20.8. The van der Waals surface area contributed by atoms with Gasteiger partial charge in [-0.3, -0.25) is 9.55 Å². The fourth-order valence-electron chi connectivity index (χ4n) is 3.43. The molecule has 0 saturated heterocycles. The van der Waals surface area contributed by atoms with Crippen LogP contribution < -0.4 is 0 Å². The normalized spacial score (nSPS) is 12.2. The van der Waals surface area contributed by atoms with E-state index in [2.05, 4.69) is 23.7 Å². The Bertz CT molecular complexity index is 1110. The summed E-state index contributed by atoms with van der Waals surface area (Å²) in [6.07, 6.45) is 12.3. The summed E-state index contributed by atoms with van der Waals surface area (Å²) in [7, 11) is 0. The summed E-state index contributed by atoms with van der Waals surface area (Å²) in [6, 6.07) is 10.5. The van der Waals surface area contributed by atoms with E-state index < -0.39 is 0 Å². The molecule has 4 nitrogen and oxygen atoms in total. The molecule has 152 valence electrons. The van der Waals surface area contributed by atoms with Gasteiger partial charge in [-0.1, -0.05) is 13.0 Å². The summed E-state index contributed by atoms with van der Waals surface area (Å²) in [5.74, 6) is 0.528. The van der Waals surface area contributed by atoms with Gasteiger partial charge in [-0.2, -0.15) is 0 Å². The van der Waals surface area contributed by atoms with Crippen LogP contribution in [0.15, 0.2) is 60.5 Å². The highest BCUT2D eigenvalue weighted by Gasteiger charge is 2.18. The first-order valence-corrected chi connectivity index (χ1v) is 10.3. The summed E-state index contributed by atoms with van der Waals surface area (Å²) >= 11 is 0. The van der Waals surface area contributed by atoms with E-state index in [4.69, 9.17) is 9.72 Å². The third-order valence-corrected chi connectivity index (χ3v) is 4.84. The Balaban J connectivity index is 1.71. The molecular weight excluding hydrogens is 377 g/mol. The summed E-state index contributed by atoms with van der Waals surface area (Å²) in [4.78, 5) is 9.39. The Morgan fingerprint density at radius 2 is 2.00 bits per heavy atom. The number of hydrogen-bond acceptors (Lipinski definition) is 3. The quantitative estimate of drug-likeness (QED) is 0.363. The number of aryl methyl sites for hydroxylation is 1. The van der Waals surface area contributed by atoms with E-state index in [1.54, 1.807) is 12.1 Å². The minimum absolute atomic E-state index is 0.265. The van der Waals surface area contributed by atoms with Crippen LogP contribution in [0.3, 0.4) is 0 Å². The van der Waals surface area contributed by atoms with Gasteiger partial charge in [0.1, 0.15) is 11.6 Å². The molecule has 3 aromatic rings. The largest absolute Gasteiger partial charge is 0.381 e. The van der Waals surface area contributed by atoms with E-state index in [1.165, 1.54) is 12.1 Å². The lowest BCUT2D eigenvalue weighted by atomic mass is 10.1. The second kappa shape index (κ2) is 9.49. The number of benzene rings is 1. The minimum Gasteiger partial charge on any atom is -0.381 e. The summed E-state index contributed by atoms with van der Waals surface area (Å²) in [6.45, 7) is 3.64. The Morgan fingerprint density at radius 1 is 1.13 bits per heavy atom. The fraction of sp³-hybridized carbons (Fsp3) is 0.240. The molecule has 0 unspecified atom stereocenters. The average molecular weight is 401 g/mol.